The molecule has 0 aromatic rings. The van der Waals surface area contributed by atoms with Gasteiger partial charge in [0.15, 0.2) is 0 Å². The van der Waals surface area contributed by atoms with Crippen LogP contribution < -0.4 is 5.32 Å². The van der Waals surface area contributed by atoms with E-state index in [2.05, 4.69) is 10.1 Å². The fourth-order valence-corrected chi connectivity index (χ4v) is 1.43. The van der Waals surface area contributed by atoms with E-state index in [1.54, 1.807) is 6.92 Å². The SMILES string of the molecule is CCOC(=O)[C@H]1CC[C@@H](C(F)(F)F)N1.Cl. The maximum Gasteiger partial charge on any atom is 0.403 e. The van der Waals surface area contributed by atoms with Crippen LogP contribution in [0.4, 0.5) is 13.2 Å². The Kier molecular flexibility index (Phi) is 5.37. The van der Waals surface area contributed by atoms with Crippen LogP contribution in [-0.4, -0.2) is 30.8 Å². The summed E-state index contributed by atoms with van der Waals surface area (Å²) in [5.74, 6) is -0.598. The molecule has 1 fully saturated rings. The zero-order valence-electron chi connectivity index (χ0n) is 8.13. The van der Waals surface area contributed by atoms with Crippen molar-refractivity contribution < 1.29 is 22.7 Å². The summed E-state index contributed by atoms with van der Waals surface area (Å²) >= 11 is 0. The molecule has 1 aliphatic rings. The molecule has 90 valence electrons. The number of carbonyl (C=O) groups excluding carboxylic acids is 1. The number of alkyl halides is 3. The van der Waals surface area contributed by atoms with E-state index in [0.29, 0.717) is 0 Å². The van der Waals surface area contributed by atoms with E-state index in [1.165, 1.54) is 0 Å². The lowest BCUT2D eigenvalue weighted by Crippen LogP contribution is -2.43. The van der Waals surface area contributed by atoms with E-state index in [9.17, 15) is 18.0 Å². The number of halogens is 4. The second kappa shape index (κ2) is 5.55. The molecular formula is C8H13ClF3NO2. The minimum Gasteiger partial charge on any atom is -0.465 e. The van der Waals surface area contributed by atoms with Gasteiger partial charge in [-0.1, -0.05) is 0 Å². The number of hydrogen-bond donors (Lipinski definition) is 1. The molecule has 0 saturated carbocycles. The fraction of sp³-hybridized carbons (Fsp3) is 0.875. The van der Waals surface area contributed by atoms with Gasteiger partial charge in [-0.2, -0.15) is 13.2 Å². The number of rotatable bonds is 2. The summed E-state index contributed by atoms with van der Waals surface area (Å²) in [4.78, 5) is 11.1. The van der Waals surface area contributed by atoms with Gasteiger partial charge in [0, 0.05) is 0 Å². The Morgan fingerprint density at radius 2 is 2.07 bits per heavy atom. The van der Waals surface area contributed by atoms with Crippen molar-refractivity contribution in [1.82, 2.24) is 5.32 Å². The highest BCUT2D eigenvalue weighted by Crippen LogP contribution is 2.28. The summed E-state index contributed by atoms with van der Waals surface area (Å²) in [5, 5.41) is 2.22. The van der Waals surface area contributed by atoms with Gasteiger partial charge >= 0.3 is 12.1 Å². The highest BCUT2D eigenvalue weighted by Gasteiger charge is 2.45. The largest absolute Gasteiger partial charge is 0.465 e. The summed E-state index contributed by atoms with van der Waals surface area (Å²) < 4.78 is 41.1. The Morgan fingerprint density at radius 1 is 1.47 bits per heavy atom. The highest BCUT2D eigenvalue weighted by molar-refractivity contribution is 5.85. The standard InChI is InChI=1S/C8H12F3NO2.ClH/c1-2-14-7(13)5-3-4-6(12-5)8(9,10)11;/h5-6,12H,2-4H2,1H3;1H/t5-,6+;/m1./s1. The number of ether oxygens (including phenoxy) is 1. The molecule has 0 aliphatic carbocycles. The van der Waals surface area contributed by atoms with Crippen molar-refractivity contribution in [3.05, 3.63) is 0 Å². The molecule has 1 N–H and O–H groups in total. The van der Waals surface area contributed by atoms with Crippen LogP contribution in [-0.2, 0) is 9.53 Å². The Hall–Kier alpha value is -0.490. The first-order valence-electron chi connectivity index (χ1n) is 4.44. The first-order valence-corrected chi connectivity index (χ1v) is 4.44. The van der Waals surface area contributed by atoms with Crippen LogP contribution in [0.1, 0.15) is 19.8 Å². The van der Waals surface area contributed by atoms with Crippen molar-refractivity contribution in [1.29, 1.82) is 0 Å². The molecule has 0 unspecified atom stereocenters. The van der Waals surface area contributed by atoms with E-state index in [4.69, 9.17) is 0 Å². The van der Waals surface area contributed by atoms with Crippen LogP contribution in [0, 0.1) is 0 Å². The van der Waals surface area contributed by atoms with Gasteiger partial charge in [0.1, 0.15) is 12.1 Å². The molecule has 0 aromatic carbocycles. The van der Waals surface area contributed by atoms with Gasteiger partial charge < -0.3 is 4.74 Å². The van der Waals surface area contributed by atoms with Crippen molar-refractivity contribution in [2.45, 2.75) is 38.0 Å². The molecular weight excluding hydrogens is 235 g/mol. The minimum absolute atomic E-state index is 0. The smallest absolute Gasteiger partial charge is 0.403 e. The van der Waals surface area contributed by atoms with E-state index < -0.39 is 24.2 Å². The Balaban J connectivity index is 0.00000196. The maximum absolute atomic E-state index is 12.2. The van der Waals surface area contributed by atoms with E-state index >= 15 is 0 Å². The normalized spacial score (nSPS) is 25.9. The molecule has 1 heterocycles. The quantitative estimate of drug-likeness (QED) is 0.754. The van der Waals surface area contributed by atoms with Gasteiger partial charge in [-0.15, -0.1) is 12.4 Å². The molecule has 0 bridgehead atoms. The Morgan fingerprint density at radius 3 is 2.47 bits per heavy atom. The maximum atomic E-state index is 12.2. The number of esters is 1. The van der Waals surface area contributed by atoms with Crippen molar-refractivity contribution in [2.75, 3.05) is 6.61 Å². The summed E-state index contributed by atoms with van der Waals surface area (Å²) in [6.45, 7) is 1.81. The molecule has 1 rings (SSSR count). The highest BCUT2D eigenvalue weighted by atomic mass is 35.5. The molecule has 2 atom stereocenters. The first kappa shape index (κ1) is 14.5. The predicted molar refractivity (Wildman–Crippen MR) is 49.9 cm³/mol. The van der Waals surface area contributed by atoms with Gasteiger partial charge in [-0.3, -0.25) is 10.1 Å². The van der Waals surface area contributed by atoms with E-state index in [1.807, 2.05) is 0 Å². The first-order chi connectivity index (χ1) is 6.45. The van der Waals surface area contributed by atoms with Crippen LogP contribution >= 0.6 is 12.4 Å². The Bertz CT molecular complexity index is 222. The summed E-state index contributed by atoms with van der Waals surface area (Å²) in [6.07, 6.45) is -4.16. The van der Waals surface area contributed by atoms with Crippen LogP contribution in [0.25, 0.3) is 0 Å². The van der Waals surface area contributed by atoms with Crippen molar-refractivity contribution >= 4 is 18.4 Å². The monoisotopic (exact) mass is 247 g/mol. The molecule has 0 radical (unpaired) electrons. The average Bonchev–Trinajstić information content (AvgIpc) is 2.51. The number of hydrogen-bond acceptors (Lipinski definition) is 3. The van der Waals surface area contributed by atoms with E-state index in [-0.39, 0.29) is 31.9 Å². The lowest BCUT2D eigenvalue weighted by molar-refractivity contribution is -0.155. The molecule has 0 aromatic heterocycles. The predicted octanol–water partition coefficient (Wildman–Crippen LogP) is 1.65. The van der Waals surface area contributed by atoms with Crippen molar-refractivity contribution in [3.8, 4) is 0 Å². The van der Waals surface area contributed by atoms with Gasteiger partial charge in [0.05, 0.1) is 6.61 Å². The van der Waals surface area contributed by atoms with Crippen molar-refractivity contribution in [3.63, 3.8) is 0 Å². The minimum atomic E-state index is -4.28. The summed E-state index contributed by atoms with van der Waals surface area (Å²) in [7, 11) is 0. The van der Waals surface area contributed by atoms with Crippen LogP contribution in [0.5, 0.6) is 0 Å². The fourth-order valence-electron chi connectivity index (χ4n) is 1.43. The van der Waals surface area contributed by atoms with Crippen LogP contribution in [0.3, 0.4) is 0 Å². The average molecular weight is 248 g/mol. The topological polar surface area (TPSA) is 38.3 Å². The van der Waals surface area contributed by atoms with Crippen LogP contribution in [0.2, 0.25) is 0 Å². The summed E-state index contributed by atoms with van der Waals surface area (Å²) in [6, 6.07) is -2.38. The number of carbonyl (C=O) groups is 1. The lowest BCUT2D eigenvalue weighted by Gasteiger charge is -2.16. The summed E-state index contributed by atoms with van der Waals surface area (Å²) in [5.41, 5.74) is 0. The molecule has 7 heteroatoms. The lowest BCUT2D eigenvalue weighted by atomic mass is 10.2. The zero-order valence-corrected chi connectivity index (χ0v) is 8.95. The molecule has 0 amide bonds. The van der Waals surface area contributed by atoms with Gasteiger partial charge in [-0.25, -0.2) is 0 Å². The van der Waals surface area contributed by atoms with Crippen LogP contribution in [0.15, 0.2) is 0 Å². The van der Waals surface area contributed by atoms with Crippen molar-refractivity contribution in [2.24, 2.45) is 0 Å². The molecule has 3 nitrogen and oxygen atoms in total. The van der Waals surface area contributed by atoms with Gasteiger partial charge in [-0.05, 0) is 19.8 Å². The van der Waals surface area contributed by atoms with E-state index in [0.717, 1.165) is 0 Å². The molecule has 1 aliphatic heterocycles. The number of nitrogens with one attached hydrogen (secondary N) is 1. The molecule has 15 heavy (non-hydrogen) atoms. The van der Waals surface area contributed by atoms with Gasteiger partial charge in [0.2, 0.25) is 0 Å². The molecule has 1 saturated heterocycles. The van der Waals surface area contributed by atoms with Gasteiger partial charge in [0.25, 0.3) is 0 Å². The second-order valence-electron chi connectivity index (χ2n) is 3.14. The zero-order chi connectivity index (χ0) is 10.8. The molecule has 0 spiro atoms. The second-order valence-corrected chi connectivity index (χ2v) is 3.14. The third kappa shape index (κ3) is 3.87. The third-order valence-corrected chi connectivity index (χ3v) is 2.11. The Labute approximate surface area is 91.8 Å². The third-order valence-electron chi connectivity index (χ3n) is 2.11.